The van der Waals surface area contributed by atoms with Crippen molar-refractivity contribution >= 4 is 17.8 Å². The van der Waals surface area contributed by atoms with E-state index in [0.717, 1.165) is 9.80 Å². The SMILES string of the molecule is CN1C(=O)C(=O)N(Cc2ccnc(C#N)c2)C1=O. The molecule has 0 aliphatic carbocycles. The maximum atomic E-state index is 11.6. The summed E-state index contributed by atoms with van der Waals surface area (Å²) in [5, 5.41) is 8.69. The first-order valence-electron chi connectivity index (χ1n) is 5.03. The summed E-state index contributed by atoms with van der Waals surface area (Å²) in [6.07, 6.45) is 1.41. The predicted octanol–water partition coefficient (Wildman–Crippen LogP) is -0.126. The first kappa shape index (κ1) is 11.7. The summed E-state index contributed by atoms with van der Waals surface area (Å²) in [4.78, 5) is 39.8. The fraction of sp³-hybridized carbons (Fsp3) is 0.182. The topological polar surface area (TPSA) is 94.4 Å². The first-order valence-corrected chi connectivity index (χ1v) is 5.03. The van der Waals surface area contributed by atoms with Crippen LogP contribution in [0.1, 0.15) is 11.3 Å². The van der Waals surface area contributed by atoms with Crippen molar-refractivity contribution < 1.29 is 14.4 Å². The van der Waals surface area contributed by atoms with Crippen LogP contribution < -0.4 is 0 Å². The number of aromatic nitrogens is 1. The lowest BCUT2D eigenvalue weighted by Crippen LogP contribution is -2.31. The highest BCUT2D eigenvalue weighted by atomic mass is 16.2. The molecule has 18 heavy (non-hydrogen) atoms. The van der Waals surface area contributed by atoms with E-state index in [2.05, 4.69) is 4.98 Å². The standard InChI is InChI=1S/C11H8N4O3/c1-14-9(16)10(17)15(11(14)18)6-7-2-3-13-8(4-7)5-12/h2-4H,6H2,1H3. The van der Waals surface area contributed by atoms with Gasteiger partial charge in [-0.15, -0.1) is 0 Å². The molecule has 0 radical (unpaired) electrons. The molecular weight excluding hydrogens is 236 g/mol. The van der Waals surface area contributed by atoms with Gasteiger partial charge in [-0.3, -0.25) is 19.4 Å². The second kappa shape index (κ2) is 4.25. The van der Waals surface area contributed by atoms with E-state index in [4.69, 9.17) is 5.26 Å². The molecule has 4 amide bonds. The van der Waals surface area contributed by atoms with Crippen LogP contribution >= 0.6 is 0 Å². The van der Waals surface area contributed by atoms with Crippen LogP contribution in [0.4, 0.5) is 4.79 Å². The third-order valence-corrected chi connectivity index (χ3v) is 2.53. The van der Waals surface area contributed by atoms with Crippen molar-refractivity contribution in [2.24, 2.45) is 0 Å². The van der Waals surface area contributed by atoms with Gasteiger partial charge in [0.1, 0.15) is 11.8 Å². The molecule has 0 aromatic carbocycles. The van der Waals surface area contributed by atoms with E-state index < -0.39 is 17.8 Å². The molecule has 1 saturated heterocycles. The van der Waals surface area contributed by atoms with Crippen LogP contribution in [0.5, 0.6) is 0 Å². The number of nitriles is 1. The van der Waals surface area contributed by atoms with Crippen LogP contribution in [-0.4, -0.2) is 39.7 Å². The van der Waals surface area contributed by atoms with Gasteiger partial charge in [-0.2, -0.15) is 5.26 Å². The molecule has 1 fully saturated rings. The molecule has 7 nitrogen and oxygen atoms in total. The van der Waals surface area contributed by atoms with E-state index in [0.29, 0.717) is 5.56 Å². The normalized spacial score (nSPS) is 15.2. The number of rotatable bonds is 2. The third kappa shape index (κ3) is 1.80. The minimum atomic E-state index is -0.863. The molecule has 1 aliphatic rings. The Morgan fingerprint density at radius 3 is 2.61 bits per heavy atom. The second-order valence-electron chi connectivity index (χ2n) is 3.70. The predicted molar refractivity (Wildman–Crippen MR) is 57.7 cm³/mol. The van der Waals surface area contributed by atoms with Gasteiger partial charge in [-0.25, -0.2) is 9.78 Å². The molecule has 90 valence electrons. The minimum absolute atomic E-state index is 0.0506. The number of carbonyl (C=O) groups excluding carboxylic acids is 3. The zero-order chi connectivity index (χ0) is 13.3. The van der Waals surface area contributed by atoms with Crippen molar-refractivity contribution in [3.63, 3.8) is 0 Å². The maximum Gasteiger partial charge on any atom is 0.334 e. The summed E-state index contributed by atoms with van der Waals surface area (Å²) in [6, 6.07) is 4.22. The summed E-state index contributed by atoms with van der Waals surface area (Å²) in [5.74, 6) is -1.72. The molecule has 0 unspecified atom stereocenters. The van der Waals surface area contributed by atoms with E-state index in [1.807, 2.05) is 6.07 Å². The number of pyridine rings is 1. The van der Waals surface area contributed by atoms with Crippen LogP contribution in [0.2, 0.25) is 0 Å². The number of nitrogens with zero attached hydrogens (tertiary/aromatic N) is 4. The van der Waals surface area contributed by atoms with E-state index in [1.165, 1.54) is 19.3 Å². The quantitative estimate of drug-likeness (QED) is 0.533. The minimum Gasteiger partial charge on any atom is -0.263 e. The Labute approximate surface area is 102 Å². The van der Waals surface area contributed by atoms with E-state index in [9.17, 15) is 14.4 Å². The van der Waals surface area contributed by atoms with E-state index in [1.54, 1.807) is 6.07 Å². The average molecular weight is 244 g/mol. The van der Waals surface area contributed by atoms with Crippen molar-refractivity contribution in [2.45, 2.75) is 6.54 Å². The first-order chi connectivity index (χ1) is 8.54. The lowest BCUT2D eigenvalue weighted by atomic mass is 10.2. The van der Waals surface area contributed by atoms with Crippen molar-refractivity contribution in [2.75, 3.05) is 7.05 Å². The van der Waals surface area contributed by atoms with Crippen molar-refractivity contribution in [1.29, 1.82) is 5.26 Å². The van der Waals surface area contributed by atoms with Crippen LogP contribution in [0, 0.1) is 11.3 Å². The van der Waals surface area contributed by atoms with Gasteiger partial charge in [0.25, 0.3) is 0 Å². The second-order valence-corrected chi connectivity index (χ2v) is 3.70. The zero-order valence-corrected chi connectivity index (χ0v) is 9.45. The molecule has 0 atom stereocenters. The molecule has 0 saturated carbocycles. The van der Waals surface area contributed by atoms with Crippen LogP contribution in [-0.2, 0) is 16.1 Å². The molecule has 0 spiro atoms. The Morgan fingerprint density at radius 2 is 2.06 bits per heavy atom. The molecule has 1 aliphatic heterocycles. The van der Waals surface area contributed by atoms with Gasteiger partial charge in [0.2, 0.25) is 0 Å². The average Bonchev–Trinajstić information content (AvgIpc) is 2.57. The molecule has 2 heterocycles. The third-order valence-electron chi connectivity index (χ3n) is 2.53. The number of hydrogen-bond donors (Lipinski definition) is 0. The Morgan fingerprint density at radius 1 is 1.33 bits per heavy atom. The lowest BCUT2D eigenvalue weighted by molar-refractivity contribution is -0.143. The Kier molecular flexibility index (Phi) is 2.77. The fourth-order valence-electron chi connectivity index (χ4n) is 1.57. The van der Waals surface area contributed by atoms with Gasteiger partial charge < -0.3 is 0 Å². The number of hydrogen-bond acceptors (Lipinski definition) is 5. The zero-order valence-electron chi connectivity index (χ0n) is 9.45. The summed E-state index contributed by atoms with van der Waals surface area (Å²) in [7, 11) is 1.25. The van der Waals surface area contributed by atoms with Gasteiger partial charge in [0, 0.05) is 13.2 Å². The summed E-state index contributed by atoms with van der Waals surface area (Å²) in [6.45, 7) is -0.0506. The van der Waals surface area contributed by atoms with Crippen molar-refractivity contribution in [3.05, 3.63) is 29.6 Å². The van der Waals surface area contributed by atoms with Crippen molar-refractivity contribution in [3.8, 4) is 6.07 Å². The fourth-order valence-corrected chi connectivity index (χ4v) is 1.57. The Balaban J connectivity index is 2.24. The largest absolute Gasteiger partial charge is 0.334 e. The molecule has 1 aromatic heterocycles. The summed E-state index contributed by atoms with van der Waals surface area (Å²) in [5.41, 5.74) is 0.748. The maximum absolute atomic E-state index is 11.6. The van der Waals surface area contributed by atoms with Gasteiger partial charge in [0.15, 0.2) is 0 Å². The molecule has 7 heteroatoms. The number of imide groups is 2. The number of amides is 4. The van der Waals surface area contributed by atoms with E-state index >= 15 is 0 Å². The highest BCUT2D eigenvalue weighted by Crippen LogP contribution is 2.14. The van der Waals surface area contributed by atoms with Gasteiger partial charge >= 0.3 is 17.8 Å². The van der Waals surface area contributed by atoms with Crippen LogP contribution in [0.25, 0.3) is 0 Å². The van der Waals surface area contributed by atoms with Crippen LogP contribution in [0.3, 0.4) is 0 Å². The highest BCUT2D eigenvalue weighted by molar-refractivity contribution is 6.44. The molecule has 2 rings (SSSR count). The molecular formula is C11H8N4O3. The summed E-state index contributed by atoms with van der Waals surface area (Å²) >= 11 is 0. The molecule has 0 N–H and O–H groups in total. The van der Waals surface area contributed by atoms with Crippen LogP contribution in [0.15, 0.2) is 18.3 Å². The van der Waals surface area contributed by atoms with Gasteiger partial charge in [-0.05, 0) is 17.7 Å². The molecule has 0 bridgehead atoms. The monoisotopic (exact) mass is 244 g/mol. The number of urea groups is 1. The van der Waals surface area contributed by atoms with Gasteiger partial charge in [0.05, 0.1) is 6.54 Å². The number of carbonyl (C=O) groups is 3. The van der Waals surface area contributed by atoms with E-state index in [-0.39, 0.29) is 12.2 Å². The lowest BCUT2D eigenvalue weighted by Gasteiger charge is -2.12. The highest BCUT2D eigenvalue weighted by Gasteiger charge is 2.41. The number of likely N-dealkylation sites (N-methyl/N-ethyl adjacent to an activating group) is 1. The van der Waals surface area contributed by atoms with Crippen molar-refractivity contribution in [1.82, 2.24) is 14.8 Å². The summed E-state index contributed by atoms with van der Waals surface area (Å²) < 4.78 is 0. The molecule has 1 aromatic rings. The Hall–Kier alpha value is -2.75. The smallest absolute Gasteiger partial charge is 0.263 e. The Bertz CT molecular complexity index is 590. The van der Waals surface area contributed by atoms with Gasteiger partial charge in [-0.1, -0.05) is 0 Å².